The molecule has 0 aromatic heterocycles. The minimum absolute atomic E-state index is 0.650. The summed E-state index contributed by atoms with van der Waals surface area (Å²) in [5.74, 6) is 0.731. The van der Waals surface area contributed by atoms with Crippen molar-refractivity contribution in [1.29, 1.82) is 0 Å². The van der Waals surface area contributed by atoms with E-state index in [4.69, 9.17) is 0 Å². The van der Waals surface area contributed by atoms with Crippen LogP contribution in [0.25, 0.3) is 0 Å². The number of hydrogen-bond acceptors (Lipinski definition) is 2. The molecule has 0 aromatic carbocycles. The summed E-state index contributed by atoms with van der Waals surface area (Å²) < 4.78 is 0. The van der Waals surface area contributed by atoms with E-state index < -0.39 is 0 Å². The van der Waals surface area contributed by atoms with Gasteiger partial charge in [-0.3, -0.25) is 4.90 Å². The third-order valence-electron chi connectivity index (χ3n) is 3.83. The highest BCUT2D eigenvalue weighted by Crippen LogP contribution is 2.20. The van der Waals surface area contributed by atoms with Crippen molar-refractivity contribution in [3.05, 3.63) is 0 Å². The van der Waals surface area contributed by atoms with Gasteiger partial charge in [-0.15, -0.1) is 0 Å². The normalized spacial score (nSPS) is 25.8. The highest BCUT2D eigenvalue weighted by atomic mass is 15.2. The fourth-order valence-electron chi connectivity index (χ4n) is 2.65. The van der Waals surface area contributed by atoms with Crippen LogP contribution in [0, 0.1) is 5.92 Å². The molecule has 0 amide bonds. The summed E-state index contributed by atoms with van der Waals surface area (Å²) in [4.78, 5) is 2.70. The minimum Gasteiger partial charge on any atom is -0.315 e. The van der Waals surface area contributed by atoms with E-state index in [0.29, 0.717) is 6.04 Å². The van der Waals surface area contributed by atoms with Gasteiger partial charge in [-0.2, -0.15) is 0 Å². The molecule has 2 nitrogen and oxygen atoms in total. The standard InChI is InChI=1S/C13H28N2/c1-5-12-8-6-7-9-15(12)10-13(14-4)11(2)3/h11-14H,5-10H2,1-4H3. The predicted molar refractivity (Wildman–Crippen MR) is 67.2 cm³/mol. The number of hydrogen-bond donors (Lipinski definition) is 1. The van der Waals surface area contributed by atoms with E-state index in [-0.39, 0.29) is 0 Å². The number of rotatable bonds is 5. The molecule has 0 saturated carbocycles. The fourth-order valence-corrected chi connectivity index (χ4v) is 2.65. The monoisotopic (exact) mass is 212 g/mol. The zero-order chi connectivity index (χ0) is 11.3. The summed E-state index contributed by atoms with van der Waals surface area (Å²) in [6, 6.07) is 1.49. The molecule has 2 atom stereocenters. The van der Waals surface area contributed by atoms with Crippen molar-refractivity contribution in [2.45, 2.75) is 58.5 Å². The molecule has 0 bridgehead atoms. The molecule has 1 rings (SSSR count). The molecular weight excluding hydrogens is 184 g/mol. The quantitative estimate of drug-likeness (QED) is 0.753. The van der Waals surface area contributed by atoms with E-state index in [0.717, 1.165) is 12.0 Å². The Hall–Kier alpha value is -0.0800. The van der Waals surface area contributed by atoms with Crippen LogP contribution < -0.4 is 5.32 Å². The van der Waals surface area contributed by atoms with Gasteiger partial charge in [-0.1, -0.05) is 27.2 Å². The summed E-state index contributed by atoms with van der Waals surface area (Å²) in [6.45, 7) is 9.49. The molecule has 0 radical (unpaired) electrons. The largest absolute Gasteiger partial charge is 0.315 e. The maximum Gasteiger partial charge on any atom is 0.0215 e. The van der Waals surface area contributed by atoms with E-state index in [2.05, 4.69) is 38.0 Å². The molecule has 1 N–H and O–H groups in total. The Bertz CT molecular complexity index is 168. The molecule has 1 heterocycles. The second kappa shape index (κ2) is 6.49. The summed E-state index contributed by atoms with van der Waals surface area (Å²) in [7, 11) is 2.09. The maximum atomic E-state index is 3.45. The summed E-state index contributed by atoms with van der Waals surface area (Å²) in [6.07, 6.45) is 5.55. The van der Waals surface area contributed by atoms with Crippen LogP contribution in [-0.2, 0) is 0 Å². The van der Waals surface area contributed by atoms with E-state index in [9.17, 15) is 0 Å². The first kappa shape index (κ1) is 13.0. The second-order valence-corrected chi connectivity index (χ2v) is 5.19. The van der Waals surface area contributed by atoms with Gasteiger partial charge in [0.05, 0.1) is 0 Å². The molecule has 1 aliphatic rings. The van der Waals surface area contributed by atoms with Gasteiger partial charge in [0.25, 0.3) is 0 Å². The highest BCUT2D eigenvalue weighted by molar-refractivity contribution is 4.81. The van der Waals surface area contributed by atoms with Gasteiger partial charge in [0.1, 0.15) is 0 Å². The zero-order valence-corrected chi connectivity index (χ0v) is 10.9. The van der Waals surface area contributed by atoms with Crippen molar-refractivity contribution in [3.8, 4) is 0 Å². The van der Waals surface area contributed by atoms with Gasteiger partial charge in [0, 0.05) is 18.6 Å². The molecule has 2 heteroatoms. The Kier molecular flexibility index (Phi) is 5.62. The van der Waals surface area contributed by atoms with Crippen molar-refractivity contribution in [1.82, 2.24) is 10.2 Å². The topological polar surface area (TPSA) is 15.3 Å². The molecule has 1 fully saturated rings. The average Bonchev–Trinajstić information content (AvgIpc) is 2.25. The van der Waals surface area contributed by atoms with Crippen LogP contribution in [-0.4, -0.2) is 37.1 Å². The lowest BCUT2D eigenvalue weighted by atomic mass is 9.97. The van der Waals surface area contributed by atoms with Gasteiger partial charge in [-0.05, 0) is 38.8 Å². The van der Waals surface area contributed by atoms with E-state index in [1.165, 1.54) is 38.8 Å². The molecule has 0 aliphatic carbocycles. The molecule has 15 heavy (non-hydrogen) atoms. The third kappa shape index (κ3) is 3.76. The minimum atomic E-state index is 0.650. The van der Waals surface area contributed by atoms with Crippen LogP contribution in [0.15, 0.2) is 0 Å². The fraction of sp³-hybridized carbons (Fsp3) is 1.00. The lowest BCUT2D eigenvalue weighted by Crippen LogP contribution is -2.48. The second-order valence-electron chi connectivity index (χ2n) is 5.19. The third-order valence-corrected chi connectivity index (χ3v) is 3.83. The average molecular weight is 212 g/mol. The number of nitrogens with one attached hydrogen (secondary N) is 1. The van der Waals surface area contributed by atoms with Crippen LogP contribution in [0.5, 0.6) is 0 Å². The molecule has 0 aromatic rings. The van der Waals surface area contributed by atoms with Crippen molar-refractivity contribution >= 4 is 0 Å². The summed E-state index contributed by atoms with van der Waals surface area (Å²) in [5, 5.41) is 3.45. The molecule has 2 unspecified atom stereocenters. The van der Waals surface area contributed by atoms with Gasteiger partial charge in [-0.25, -0.2) is 0 Å². The Balaban J connectivity index is 2.46. The number of nitrogens with zero attached hydrogens (tertiary/aromatic N) is 1. The number of likely N-dealkylation sites (N-methyl/N-ethyl adjacent to an activating group) is 1. The van der Waals surface area contributed by atoms with Crippen LogP contribution >= 0.6 is 0 Å². The molecule has 1 saturated heterocycles. The Labute approximate surface area is 95.4 Å². The predicted octanol–water partition coefficient (Wildman–Crippen LogP) is 2.49. The lowest BCUT2D eigenvalue weighted by Gasteiger charge is -2.38. The molecule has 0 spiro atoms. The molecule has 1 aliphatic heterocycles. The number of likely N-dealkylation sites (tertiary alicyclic amines) is 1. The van der Waals surface area contributed by atoms with Crippen LogP contribution in [0.1, 0.15) is 46.5 Å². The van der Waals surface area contributed by atoms with Crippen molar-refractivity contribution < 1.29 is 0 Å². The first-order chi connectivity index (χ1) is 7.19. The Morgan fingerprint density at radius 1 is 1.33 bits per heavy atom. The highest BCUT2D eigenvalue weighted by Gasteiger charge is 2.23. The van der Waals surface area contributed by atoms with Crippen molar-refractivity contribution in [2.24, 2.45) is 5.92 Å². The summed E-state index contributed by atoms with van der Waals surface area (Å²) in [5.41, 5.74) is 0. The SMILES string of the molecule is CCC1CCCCN1CC(NC)C(C)C. The number of piperidine rings is 1. The van der Waals surface area contributed by atoms with Crippen LogP contribution in [0.2, 0.25) is 0 Å². The van der Waals surface area contributed by atoms with Crippen molar-refractivity contribution in [3.63, 3.8) is 0 Å². The maximum absolute atomic E-state index is 3.45. The molecular formula is C13H28N2. The first-order valence-electron chi connectivity index (χ1n) is 6.60. The van der Waals surface area contributed by atoms with Crippen LogP contribution in [0.4, 0.5) is 0 Å². The van der Waals surface area contributed by atoms with Gasteiger partial charge in [0.2, 0.25) is 0 Å². The molecule has 90 valence electrons. The van der Waals surface area contributed by atoms with Gasteiger partial charge < -0.3 is 5.32 Å². The van der Waals surface area contributed by atoms with Crippen LogP contribution in [0.3, 0.4) is 0 Å². The summed E-state index contributed by atoms with van der Waals surface area (Å²) >= 11 is 0. The van der Waals surface area contributed by atoms with E-state index in [1.807, 2.05) is 0 Å². The zero-order valence-electron chi connectivity index (χ0n) is 10.9. The smallest absolute Gasteiger partial charge is 0.0215 e. The first-order valence-corrected chi connectivity index (χ1v) is 6.60. The Morgan fingerprint density at radius 3 is 2.60 bits per heavy atom. The Morgan fingerprint density at radius 2 is 2.07 bits per heavy atom. The lowest BCUT2D eigenvalue weighted by molar-refractivity contribution is 0.121. The van der Waals surface area contributed by atoms with E-state index >= 15 is 0 Å². The van der Waals surface area contributed by atoms with Gasteiger partial charge in [0.15, 0.2) is 0 Å². The van der Waals surface area contributed by atoms with E-state index in [1.54, 1.807) is 0 Å². The van der Waals surface area contributed by atoms with Gasteiger partial charge >= 0.3 is 0 Å². The van der Waals surface area contributed by atoms with Crippen molar-refractivity contribution in [2.75, 3.05) is 20.1 Å².